The SMILES string of the molecule is CC(CNCc1cc(C(F)(F)F)co1)Cn1ccnc1. The Labute approximate surface area is 114 Å². The van der Waals surface area contributed by atoms with E-state index in [2.05, 4.69) is 17.2 Å². The molecule has 1 atom stereocenters. The maximum Gasteiger partial charge on any atom is 0.419 e. The highest BCUT2D eigenvalue weighted by Gasteiger charge is 2.32. The number of rotatable bonds is 6. The van der Waals surface area contributed by atoms with Gasteiger partial charge in [-0.15, -0.1) is 0 Å². The van der Waals surface area contributed by atoms with Gasteiger partial charge in [-0.3, -0.25) is 0 Å². The quantitative estimate of drug-likeness (QED) is 0.888. The molecular formula is C13H16F3N3O. The van der Waals surface area contributed by atoms with Crippen molar-refractivity contribution in [1.29, 1.82) is 0 Å². The lowest BCUT2D eigenvalue weighted by Crippen LogP contribution is -2.23. The highest BCUT2D eigenvalue weighted by atomic mass is 19.4. The second-order valence-electron chi connectivity index (χ2n) is 4.80. The Morgan fingerprint density at radius 1 is 1.45 bits per heavy atom. The fraction of sp³-hybridized carbons (Fsp3) is 0.462. The van der Waals surface area contributed by atoms with Crippen molar-refractivity contribution in [3.05, 3.63) is 42.4 Å². The van der Waals surface area contributed by atoms with Crippen molar-refractivity contribution in [2.24, 2.45) is 5.92 Å². The van der Waals surface area contributed by atoms with Crippen LogP contribution < -0.4 is 5.32 Å². The molecule has 2 heterocycles. The van der Waals surface area contributed by atoms with E-state index in [4.69, 9.17) is 4.42 Å². The molecule has 1 N–H and O–H groups in total. The first-order chi connectivity index (χ1) is 9.45. The minimum absolute atomic E-state index is 0.282. The number of hydrogen-bond acceptors (Lipinski definition) is 3. The van der Waals surface area contributed by atoms with Gasteiger partial charge in [0.25, 0.3) is 0 Å². The maximum absolute atomic E-state index is 12.4. The molecule has 0 saturated carbocycles. The van der Waals surface area contributed by atoms with E-state index in [0.717, 1.165) is 18.9 Å². The zero-order chi connectivity index (χ0) is 14.6. The molecule has 1 unspecified atom stereocenters. The molecule has 0 aliphatic rings. The number of halogens is 3. The second-order valence-corrected chi connectivity index (χ2v) is 4.80. The molecule has 0 aromatic carbocycles. The Balaban J connectivity index is 1.74. The lowest BCUT2D eigenvalue weighted by atomic mass is 10.2. The largest absolute Gasteiger partial charge is 0.467 e. The topological polar surface area (TPSA) is 43.0 Å². The summed E-state index contributed by atoms with van der Waals surface area (Å²) in [4.78, 5) is 3.95. The van der Waals surface area contributed by atoms with Crippen LogP contribution >= 0.6 is 0 Å². The molecule has 0 radical (unpaired) electrons. The number of hydrogen-bond donors (Lipinski definition) is 1. The molecule has 20 heavy (non-hydrogen) atoms. The van der Waals surface area contributed by atoms with Crippen LogP contribution in [0, 0.1) is 5.92 Å². The molecular weight excluding hydrogens is 271 g/mol. The third-order valence-electron chi connectivity index (χ3n) is 2.85. The Hall–Kier alpha value is -1.76. The van der Waals surface area contributed by atoms with Gasteiger partial charge in [-0.1, -0.05) is 6.92 Å². The van der Waals surface area contributed by atoms with Crippen LogP contribution in [0.4, 0.5) is 13.2 Å². The number of aromatic nitrogens is 2. The average Bonchev–Trinajstić information content (AvgIpc) is 2.98. The highest BCUT2D eigenvalue weighted by Crippen LogP contribution is 2.30. The fourth-order valence-corrected chi connectivity index (χ4v) is 1.88. The Bertz CT molecular complexity index is 519. The van der Waals surface area contributed by atoms with Crippen molar-refractivity contribution >= 4 is 0 Å². The molecule has 2 aromatic heterocycles. The van der Waals surface area contributed by atoms with E-state index in [1.54, 1.807) is 12.5 Å². The van der Waals surface area contributed by atoms with Gasteiger partial charge in [-0.05, 0) is 18.5 Å². The Kier molecular flexibility index (Phi) is 4.49. The van der Waals surface area contributed by atoms with Crippen molar-refractivity contribution in [3.63, 3.8) is 0 Å². The van der Waals surface area contributed by atoms with Crippen LogP contribution in [-0.4, -0.2) is 16.1 Å². The van der Waals surface area contributed by atoms with Gasteiger partial charge in [0.2, 0.25) is 0 Å². The first-order valence-electron chi connectivity index (χ1n) is 6.26. The van der Waals surface area contributed by atoms with Crippen LogP contribution in [0.25, 0.3) is 0 Å². The summed E-state index contributed by atoms with van der Waals surface area (Å²) in [5.41, 5.74) is -0.749. The summed E-state index contributed by atoms with van der Waals surface area (Å²) in [6, 6.07) is 1.02. The van der Waals surface area contributed by atoms with Crippen molar-refractivity contribution in [1.82, 2.24) is 14.9 Å². The molecule has 0 amide bonds. The van der Waals surface area contributed by atoms with E-state index >= 15 is 0 Å². The van der Waals surface area contributed by atoms with Crippen molar-refractivity contribution in [2.45, 2.75) is 26.2 Å². The first-order valence-corrected chi connectivity index (χ1v) is 6.26. The van der Waals surface area contributed by atoms with E-state index in [1.807, 2.05) is 10.8 Å². The number of alkyl halides is 3. The fourth-order valence-electron chi connectivity index (χ4n) is 1.88. The van der Waals surface area contributed by atoms with Crippen LogP contribution in [0.1, 0.15) is 18.2 Å². The maximum atomic E-state index is 12.4. The first kappa shape index (κ1) is 14.6. The zero-order valence-corrected chi connectivity index (χ0v) is 11.0. The van der Waals surface area contributed by atoms with Gasteiger partial charge in [-0.25, -0.2) is 4.98 Å². The van der Waals surface area contributed by atoms with Gasteiger partial charge in [0.1, 0.15) is 12.0 Å². The van der Waals surface area contributed by atoms with Crippen LogP contribution in [0.15, 0.2) is 35.5 Å². The number of furan rings is 1. The number of nitrogens with zero attached hydrogens (tertiary/aromatic N) is 2. The lowest BCUT2D eigenvalue weighted by molar-refractivity contribution is -0.137. The average molecular weight is 287 g/mol. The monoisotopic (exact) mass is 287 g/mol. The van der Waals surface area contributed by atoms with Crippen LogP contribution in [0.2, 0.25) is 0 Å². The smallest absolute Gasteiger partial charge is 0.419 e. The number of nitrogens with one attached hydrogen (secondary N) is 1. The third kappa shape index (κ3) is 4.12. The molecule has 2 rings (SSSR count). The van der Waals surface area contributed by atoms with Gasteiger partial charge in [0, 0.05) is 18.9 Å². The standard InChI is InChI=1S/C13H16F3N3O/c1-10(7-19-3-2-17-9-19)5-18-6-12-4-11(8-20-12)13(14,15)16/h2-4,8-10,18H,5-7H2,1H3. The van der Waals surface area contributed by atoms with Gasteiger partial charge >= 0.3 is 6.18 Å². The lowest BCUT2D eigenvalue weighted by Gasteiger charge is -2.12. The van der Waals surface area contributed by atoms with Crippen molar-refractivity contribution < 1.29 is 17.6 Å². The Morgan fingerprint density at radius 2 is 2.25 bits per heavy atom. The number of imidazole rings is 1. The molecule has 0 fully saturated rings. The Morgan fingerprint density at radius 3 is 2.85 bits per heavy atom. The van der Waals surface area contributed by atoms with Crippen LogP contribution in [-0.2, 0) is 19.3 Å². The summed E-state index contributed by atoms with van der Waals surface area (Å²) in [5.74, 6) is 0.619. The van der Waals surface area contributed by atoms with E-state index in [0.29, 0.717) is 12.5 Å². The summed E-state index contributed by atoms with van der Waals surface area (Å²) in [5, 5.41) is 3.08. The summed E-state index contributed by atoms with van der Waals surface area (Å²) in [6.45, 7) is 3.82. The predicted molar refractivity (Wildman–Crippen MR) is 66.8 cm³/mol. The molecule has 0 aliphatic heterocycles. The molecule has 4 nitrogen and oxygen atoms in total. The van der Waals surface area contributed by atoms with Gasteiger partial charge in [0.15, 0.2) is 0 Å². The minimum atomic E-state index is -4.35. The molecule has 110 valence electrons. The van der Waals surface area contributed by atoms with E-state index in [-0.39, 0.29) is 12.3 Å². The van der Waals surface area contributed by atoms with E-state index < -0.39 is 11.7 Å². The molecule has 0 bridgehead atoms. The summed E-state index contributed by atoms with van der Waals surface area (Å²) in [6.07, 6.45) is 1.71. The summed E-state index contributed by atoms with van der Waals surface area (Å²) >= 11 is 0. The molecule has 0 spiro atoms. The third-order valence-corrected chi connectivity index (χ3v) is 2.85. The van der Waals surface area contributed by atoms with Gasteiger partial charge in [-0.2, -0.15) is 13.2 Å². The van der Waals surface area contributed by atoms with E-state index in [9.17, 15) is 13.2 Å². The van der Waals surface area contributed by atoms with Gasteiger partial charge < -0.3 is 14.3 Å². The van der Waals surface area contributed by atoms with Crippen LogP contribution in [0.3, 0.4) is 0 Å². The molecule has 0 saturated heterocycles. The van der Waals surface area contributed by atoms with E-state index in [1.165, 1.54) is 0 Å². The molecule has 2 aromatic rings. The molecule has 7 heteroatoms. The summed E-state index contributed by atoms with van der Waals surface area (Å²) in [7, 11) is 0. The van der Waals surface area contributed by atoms with Crippen LogP contribution in [0.5, 0.6) is 0 Å². The van der Waals surface area contributed by atoms with Crippen molar-refractivity contribution in [3.8, 4) is 0 Å². The van der Waals surface area contributed by atoms with Gasteiger partial charge in [0.05, 0.1) is 18.4 Å². The van der Waals surface area contributed by atoms with Crippen molar-refractivity contribution in [2.75, 3.05) is 6.54 Å². The summed E-state index contributed by atoms with van der Waals surface area (Å²) < 4.78 is 44.0. The normalized spacial score (nSPS) is 13.6. The minimum Gasteiger partial charge on any atom is -0.467 e. The predicted octanol–water partition coefficient (Wildman–Crippen LogP) is 2.92. The molecule has 0 aliphatic carbocycles. The highest BCUT2D eigenvalue weighted by molar-refractivity contribution is 5.15. The zero-order valence-electron chi connectivity index (χ0n) is 11.0. The second kappa shape index (κ2) is 6.13.